The van der Waals surface area contributed by atoms with Crippen molar-refractivity contribution in [3.05, 3.63) is 0 Å². The lowest BCUT2D eigenvalue weighted by molar-refractivity contribution is -0.149. The smallest absolute Gasteiger partial charge is 0.462 e. The molecule has 0 heterocycles. The first-order valence-electron chi connectivity index (χ1n) is 9.41. The zero-order valence-corrected chi connectivity index (χ0v) is 18.4. The molecule has 28 heavy (non-hydrogen) atoms. The molecule has 0 aliphatic heterocycles. The third-order valence-corrected chi connectivity index (χ3v) is 6.39. The number of esters is 2. The fourth-order valence-corrected chi connectivity index (χ4v) is 4.84. The predicted octanol–water partition coefficient (Wildman–Crippen LogP) is 1.65. The fraction of sp³-hybridized carbons (Fsp3) is 0.824. The maximum Gasteiger partial charge on any atom is 0.500 e. The number of nitrogens with one attached hydrogen (secondary N) is 1. The van der Waals surface area contributed by atoms with Crippen LogP contribution in [0.3, 0.4) is 0 Å². The number of ether oxygens (including phenoxy) is 3. The maximum atomic E-state index is 11.9. The highest BCUT2D eigenvalue weighted by atomic mass is 28.4. The van der Waals surface area contributed by atoms with Gasteiger partial charge >= 0.3 is 26.8 Å². The molecule has 0 saturated carbocycles. The molecule has 1 amide bonds. The van der Waals surface area contributed by atoms with Gasteiger partial charge in [0.15, 0.2) is 6.10 Å². The van der Waals surface area contributed by atoms with Gasteiger partial charge in [-0.15, -0.1) is 0 Å². The molecule has 0 bridgehead atoms. The van der Waals surface area contributed by atoms with Crippen molar-refractivity contribution in [3.63, 3.8) is 0 Å². The molecule has 0 atom stereocenters. The van der Waals surface area contributed by atoms with E-state index in [0.717, 1.165) is 0 Å². The quantitative estimate of drug-likeness (QED) is 0.181. The summed E-state index contributed by atoms with van der Waals surface area (Å²) in [6, 6.07) is 0.549. The van der Waals surface area contributed by atoms with Gasteiger partial charge in [-0.25, -0.2) is 4.79 Å². The minimum absolute atomic E-state index is 0.203. The zero-order chi connectivity index (χ0) is 21.4. The van der Waals surface area contributed by atoms with Crippen molar-refractivity contribution < 1.29 is 41.9 Å². The first kappa shape index (κ1) is 26.3. The highest BCUT2D eigenvalue weighted by Gasteiger charge is 2.39. The number of amides is 1. The summed E-state index contributed by atoms with van der Waals surface area (Å²) < 4.78 is 32.0. The largest absolute Gasteiger partial charge is 0.500 e. The van der Waals surface area contributed by atoms with Gasteiger partial charge in [0.1, 0.15) is 13.2 Å². The number of rotatable bonds is 15. The molecule has 164 valence electrons. The van der Waals surface area contributed by atoms with Crippen LogP contribution < -0.4 is 5.32 Å². The third kappa shape index (κ3) is 12.7. The first-order valence-corrected chi connectivity index (χ1v) is 11.3. The van der Waals surface area contributed by atoms with Crippen LogP contribution in [0.15, 0.2) is 0 Å². The van der Waals surface area contributed by atoms with E-state index in [1.165, 1.54) is 13.8 Å². The van der Waals surface area contributed by atoms with Gasteiger partial charge < -0.3 is 32.8 Å². The van der Waals surface area contributed by atoms with Crippen LogP contribution in [0.25, 0.3) is 0 Å². The molecule has 0 radical (unpaired) electrons. The Balaban J connectivity index is 4.46. The van der Waals surface area contributed by atoms with E-state index in [4.69, 9.17) is 27.5 Å². The molecule has 0 rings (SSSR count). The first-order chi connectivity index (χ1) is 13.3. The average Bonchev–Trinajstić information content (AvgIpc) is 2.61. The number of hydrogen-bond donors (Lipinski definition) is 1. The number of carbonyl (C=O) groups excluding carboxylic acids is 3. The molecule has 0 aromatic rings. The maximum absolute atomic E-state index is 11.9. The van der Waals surface area contributed by atoms with Crippen LogP contribution in [0.5, 0.6) is 0 Å². The van der Waals surface area contributed by atoms with E-state index in [1.54, 1.807) is 0 Å². The van der Waals surface area contributed by atoms with Gasteiger partial charge in [-0.05, 0) is 27.2 Å². The molecule has 0 fully saturated rings. The minimum atomic E-state index is -2.76. The zero-order valence-electron chi connectivity index (χ0n) is 17.4. The topological polar surface area (TPSA) is 119 Å². The monoisotopic (exact) mass is 423 g/mol. The van der Waals surface area contributed by atoms with Gasteiger partial charge in [0.25, 0.3) is 0 Å². The predicted molar refractivity (Wildman–Crippen MR) is 102 cm³/mol. The van der Waals surface area contributed by atoms with Gasteiger partial charge in [0.05, 0.1) is 0 Å². The van der Waals surface area contributed by atoms with Gasteiger partial charge in [-0.2, -0.15) is 0 Å². The SMILES string of the molecule is CCO[Si](CCCNC(=O)OC(COC(C)=O)COC(C)=O)(OCC)OCC. The summed E-state index contributed by atoms with van der Waals surface area (Å²) in [4.78, 5) is 33.8. The van der Waals surface area contributed by atoms with Crippen LogP contribution in [0.1, 0.15) is 41.0 Å². The lowest BCUT2D eigenvalue weighted by Crippen LogP contribution is -2.46. The summed E-state index contributed by atoms with van der Waals surface area (Å²) >= 11 is 0. The van der Waals surface area contributed by atoms with E-state index < -0.39 is 32.9 Å². The molecule has 0 aliphatic carbocycles. The Kier molecular flexibility index (Phi) is 14.3. The lowest BCUT2D eigenvalue weighted by atomic mass is 10.4. The summed E-state index contributed by atoms with van der Waals surface area (Å²) in [7, 11) is -2.76. The Labute approximate surface area is 167 Å². The van der Waals surface area contributed by atoms with Crippen molar-refractivity contribution in [2.75, 3.05) is 39.6 Å². The van der Waals surface area contributed by atoms with E-state index in [0.29, 0.717) is 38.8 Å². The standard InChI is InChI=1S/C17H33NO9Si/c1-6-24-28(25-7-2,26-8-3)11-9-10-18-17(21)27-16(12-22-14(4)19)13-23-15(5)20/h16H,6-13H2,1-5H3,(H,18,21). The Morgan fingerprint density at radius 3 is 1.71 bits per heavy atom. The number of hydrogen-bond acceptors (Lipinski definition) is 9. The second kappa shape index (κ2) is 15.3. The van der Waals surface area contributed by atoms with Crippen LogP contribution >= 0.6 is 0 Å². The highest BCUT2D eigenvalue weighted by molar-refractivity contribution is 6.60. The molecule has 0 aliphatic rings. The number of alkyl carbamates (subject to hydrolysis) is 1. The highest BCUT2D eigenvalue weighted by Crippen LogP contribution is 2.17. The van der Waals surface area contributed by atoms with Crippen molar-refractivity contribution in [2.45, 2.75) is 53.2 Å². The normalized spacial score (nSPS) is 11.2. The van der Waals surface area contributed by atoms with E-state index in [2.05, 4.69) is 5.32 Å². The minimum Gasteiger partial charge on any atom is -0.462 e. The van der Waals surface area contributed by atoms with E-state index in [9.17, 15) is 14.4 Å². The Bertz CT molecular complexity index is 441. The summed E-state index contributed by atoms with van der Waals surface area (Å²) in [6.07, 6.45) is -1.03. The van der Waals surface area contributed by atoms with Crippen molar-refractivity contribution in [1.29, 1.82) is 0 Å². The second-order valence-corrected chi connectivity index (χ2v) is 8.38. The molecule has 0 aromatic carbocycles. The third-order valence-electron chi connectivity index (χ3n) is 3.24. The fourth-order valence-electron chi connectivity index (χ4n) is 2.23. The average molecular weight is 424 g/mol. The number of carbonyl (C=O) groups is 3. The van der Waals surface area contributed by atoms with Crippen LogP contribution in [0.4, 0.5) is 4.79 Å². The Morgan fingerprint density at radius 1 is 0.857 bits per heavy atom. The molecule has 0 unspecified atom stereocenters. The van der Waals surface area contributed by atoms with Crippen LogP contribution in [-0.4, -0.2) is 72.5 Å². The summed E-state index contributed by atoms with van der Waals surface area (Å²) in [5.41, 5.74) is 0. The van der Waals surface area contributed by atoms with Crippen LogP contribution in [0.2, 0.25) is 6.04 Å². The molecule has 1 N–H and O–H groups in total. The summed E-state index contributed by atoms with van der Waals surface area (Å²) in [5, 5.41) is 2.60. The summed E-state index contributed by atoms with van der Waals surface area (Å²) in [5.74, 6) is -1.05. The van der Waals surface area contributed by atoms with E-state index >= 15 is 0 Å². The Hall–Kier alpha value is -1.69. The van der Waals surface area contributed by atoms with E-state index in [1.807, 2.05) is 20.8 Å². The van der Waals surface area contributed by atoms with Crippen molar-refractivity contribution in [1.82, 2.24) is 5.32 Å². The second-order valence-electron chi connectivity index (χ2n) is 5.64. The molecule has 0 aromatic heterocycles. The Morgan fingerprint density at radius 2 is 1.32 bits per heavy atom. The van der Waals surface area contributed by atoms with Crippen molar-refractivity contribution >= 4 is 26.8 Å². The van der Waals surface area contributed by atoms with Gasteiger partial charge in [-0.3, -0.25) is 9.59 Å². The van der Waals surface area contributed by atoms with Crippen LogP contribution in [0, 0.1) is 0 Å². The van der Waals surface area contributed by atoms with Crippen LogP contribution in [-0.2, 0) is 37.1 Å². The van der Waals surface area contributed by atoms with E-state index in [-0.39, 0.29) is 13.2 Å². The van der Waals surface area contributed by atoms with Crippen molar-refractivity contribution in [2.24, 2.45) is 0 Å². The van der Waals surface area contributed by atoms with Gasteiger partial charge in [-0.1, -0.05) is 0 Å². The molecule has 0 spiro atoms. The summed E-state index contributed by atoms with van der Waals surface area (Å²) in [6.45, 7) is 9.44. The molecule has 11 heteroatoms. The molecular formula is C17H33NO9Si. The molecular weight excluding hydrogens is 390 g/mol. The molecule has 10 nitrogen and oxygen atoms in total. The van der Waals surface area contributed by atoms with Crippen molar-refractivity contribution in [3.8, 4) is 0 Å². The molecule has 0 saturated heterocycles. The van der Waals surface area contributed by atoms with Gasteiger partial charge in [0, 0.05) is 46.3 Å². The lowest BCUT2D eigenvalue weighted by Gasteiger charge is -2.28. The van der Waals surface area contributed by atoms with Gasteiger partial charge in [0.2, 0.25) is 0 Å².